The van der Waals surface area contributed by atoms with Crippen molar-refractivity contribution < 1.29 is 4.74 Å². The molecule has 0 saturated carbocycles. The molecule has 0 amide bonds. The Morgan fingerprint density at radius 3 is 2.36 bits per heavy atom. The van der Waals surface area contributed by atoms with Crippen LogP contribution in [0, 0.1) is 0 Å². The van der Waals surface area contributed by atoms with Gasteiger partial charge in [-0.15, -0.1) is 0 Å². The molecule has 0 fully saturated rings. The van der Waals surface area contributed by atoms with Crippen LogP contribution >= 0.6 is 0 Å². The molecular formula is C9H14N2O3. The number of nitrogen functional groups attached to an aromatic ring is 1. The van der Waals surface area contributed by atoms with Crippen molar-refractivity contribution in [3.63, 3.8) is 0 Å². The van der Waals surface area contributed by atoms with Gasteiger partial charge in [0.1, 0.15) is 11.4 Å². The molecule has 14 heavy (non-hydrogen) atoms. The molecule has 5 nitrogen and oxygen atoms in total. The van der Waals surface area contributed by atoms with E-state index < -0.39 is 16.4 Å². The number of nitrogens with two attached hydrogens (primary N) is 1. The van der Waals surface area contributed by atoms with Gasteiger partial charge in [-0.05, 0) is 13.8 Å². The lowest BCUT2D eigenvalue weighted by atomic mass is 10.0. The van der Waals surface area contributed by atoms with Crippen molar-refractivity contribution in [1.82, 2.24) is 0 Å². The quantitative estimate of drug-likeness (QED) is 0.649. The third-order valence-electron chi connectivity index (χ3n) is 1.92. The third kappa shape index (κ3) is 1.77. The van der Waals surface area contributed by atoms with Crippen molar-refractivity contribution in [2.24, 2.45) is 0 Å². The number of hydrogen-bond acceptors (Lipinski definition) is 5. The van der Waals surface area contributed by atoms with Crippen molar-refractivity contribution >= 4 is 11.4 Å². The van der Waals surface area contributed by atoms with Gasteiger partial charge in [-0.2, -0.15) is 0 Å². The topological polar surface area (TPSA) is 81.4 Å². The molecule has 0 atom stereocenters. The average molecular weight is 198 g/mol. The van der Waals surface area contributed by atoms with E-state index >= 15 is 0 Å². The van der Waals surface area contributed by atoms with Gasteiger partial charge in [-0.3, -0.25) is 9.59 Å². The highest BCUT2D eigenvalue weighted by atomic mass is 16.5. The van der Waals surface area contributed by atoms with Crippen LogP contribution in [-0.4, -0.2) is 19.3 Å². The second kappa shape index (κ2) is 3.42. The molecule has 0 bridgehead atoms. The molecule has 1 aromatic carbocycles. The van der Waals surface area contributed by atoms with Gasteiger partial charge in [-0.25, -0.2) is 0 Å². The number of hydrogen-bond donors (Lipinski definition) is 2. The first kappa shape index (κ1) is 10.7. The first-order valence-electron chi connectivity index (χ1n) is 4.25. The SMILES string of the molecule is COCC(C)(C)Nc1c(N)c(=O)c1=O. The van der Waals surface area contributed by atoms with E-state index in [2.05, 4.69) is 5.32 Å². The van der Waals surface area contributed by atoms with Crippen molar-refractivity contribution in [3.8, 4) is 0 Å². The summed E-state index contributed by atoms with van der Waals surface area (Å²) in [6.45, 7) is 4.13. The van der Waals surface area contributed by atoms with Crippen LogP contribution in [0.15, 0.2) is 9.59 Å². The molecule has 0 spiro atoms. The fourth-order valence-corrected chi connectivity index (χ4v) is 1.27. The molecule has 0 aliphatic heterocycles. The number of methoxy groups -OCH3 is 1. The van der Waals surface area contributed by atoms with Gasteiger partial charge in [0.2, 0.25) is 0 Å². The third-order valence-corrected chi connectivity index (χ3v) is 1.92. The summed E-state index contributed by atoms with van der Waals surface area (Å²) in [5, 5.41) is 2.88. The molecular weight excluding hydrogens is 184 g/mol. The summed E-state index contributed by atoms with van der Waals surface area (Å²) < 4.78 is 4.95. The Kier molecular flexibility index (Phi) is 2.62. The Balaban J connectivity index is 2.81. The summed E-state index contributed by atoms with van der Waals surface area (Å²) in [7, 11) is 1.56. The van der Waals surface area contributed by atoms with E-state index in [4.69, 9.17) is 10.5 Å². The lowest BCUT2D eigenvalue weighted by Crippen LogP contribution is -2.44. The summed E-state index contributed by atoms with van der Waals surface area (Å²) in [5.74, 6) is 0. The fourth-order valence-electron chi connectivity index (χ4n) is 1.27. The van der Waals surface area contributed by atoms with E-state index in [9.17, 15) is 9.59 Å². The highest BCUT2D eigenvalue weighted by Crippen LogP contribution is 2.16. The molecule has 0 aliphatic rings. The van der Waals surface area contributed by atoms with Crippen molar-refractivity contribution in [3.05, 3.63) is 20.4 Å². The summed E-state index contributed by atoms with van der Waals surface area (Å²) in [6.07, 6.45) is 0. The first-order chi connectivity index (χ1) is 6.39. The summed E-state index contributed by atoms with van der Waals surface area (Å²) in [6, 6.07) is 0. The molecule has 0 heterocycles. The van der Waals surface area contributed by atoms with Gasteiger partial charge in [-0.1, -0.05) is 0 Å². The normalized spacial score (nSPS) is 11.9. The zero-order valence-electron chi connectivity index (χ0n) is 8.51. The molecule has 1 aromatic rings. The van der Waals surface area contributed by atoms with Crippen LogP contribution in [0.5, 0.6) is 0 Å². The summed E-state index contributed by atoms with van der Waals surface area (Å²) in [4.78, 5) is 21.9. The van der Waals surface area contributed by atoms with Gasteiger partial charge >= 0.3 is 0 Å². The second-order valence-corrected chi connectivity index (χ2v) is 3.89. The molecule has 0 aromatic heterocycles. The van der Waals surface area contributed by atoms with Crippen LogP contribution in [0.3, 0.4) is 0 Å². The standard InChI is InChI=1S/C9H14N2O3/c1-9(2,4-14-3)11-6-5(10)7(12)8(6)13/h11H,4,10H2,1-3H3. The summed E-state index contributed by atoms with van der Waals surface area (Å²) >= 11 is 0. The van der Waals surface area contributed by atoms with E-state index in [1.54, 1.807) is 7.11 Å². The van der Waals surface area contributed by atoms with E-state index in [1.807, 2.05) is 13.8 Å². The molecule has 78 valence electrons. The highest BCUT2D eigenvalue weighted by Gasteiger charge is 2.25. The maximum absolute atomic E-state index is 11.1. The molecule has 0 unspecified atom stereocenters. The van der Waals surface area contributed by atoms with Crippen molar-refractivity contribution in [2.45, 2.75) is 19.4 Å². The van der Waals surface area contributed by atoms with Crippen molar-refractivity contribution in [1.29, 1.82) is 0 Å². The van der Waals surface area contributed by atoms with Gasteiger partial charge in [0, 0.05) is 7.11 Å². The Hall–Kier alpha value is -1.36. The Morgan fingerprint density at radius 1 is 1.36 bits per heavy atom. The monoisotopic (exact) mass is 198 g/mol. The Morgan fingerprint density at radius 2 is 1.93 bits per heavy atom. The lowest BCUT2D eigenvalue weighted by Gasteiger charge is -2.27. The Labute approximate surface area is 81.6 Å². The van der Waals surface area contributed by atoms with E-state index in [1.165, 1.54) is 0 Å². The Bertz CT molecular complexity index is 402. The number of rotatable bonds is 4. The molecule has 0 aliphatic carbocycles. The largest absolute Gasteiger partial charge is 0.394 e. The van der Waals surface area contributed by atoms with Crippen LogP contribution in [0.2, 0.25) is 0 Å². The van der Waals surface area contributed by atoms with Gasteiger partial charge in [0.15, 0.2) is 0 Å². The molecule has 3 N–H and O–H groups in total. The minimum atomic E-state index is -0.610. The minimum Gasteiger partial charge on any atom is -0.394 e. The van der Waals surface area contributed by atoms with Crippen molar-refractivity contribution in [2.75, 3.05) is 24.8 Å². The highest BCUT2D eigenvalue weighted by molar-refractivity contribution is 5.71. The molecule has 0 radical (unpaired) electrons. The first-order valence-corrected chi connectivity index (χ1v) is 4.25. The summed E-state index contributed by atoms with van der Waals surface area (Å²) in [5.41, 5.74) is 4.01. The smallest absolute Gasteiger partial charge is 0.253 e. The predicted molar refractivity (Wildman–Crippen MR) is 55.3 cm³/mol. The zero-order chi connectivity index (χ0) is 10.9. The molecule has 1 rings (SSSR count). The van der Waals surface area contributed by atoms with Gasteiger partial charge in [0.25, 0.3) is 10.9 Å². The van der Waals surface area contributed by atoms with E-state index in [0.29, 0.717) is 6.61 Å². The van der Waals surface area contributed by atoms with Crippen LogP contribution in [0.4, 0.5) is 11.4 Å². The number of ether oxygens (including phenoxy) is 1. The zero-order valence-corrected chi connectivity index (χ0v) is 8.51. The molecule has 0 saturated heterocycles. The van der Waals surface area contributed by atoms with Crippen LogP contribution in [0.1, 0.15) is 13.8 Å². The average Bonchev–Trinajstić information content (AvgIpc) is 2.12. The second-order valence-electron chi connectivity index (χ2n) is 3.89. The number of nitrogens with one attached hydrogen (secondary N) is 1. The van der Waals surface area contributed by atoms with E-state index in [-0.39, 0.29) is 11.4 Å². The van der Waals surface area contributed by atoms with Gasteiger partial charge in [0.05, 0.1) is 12.1 Å². The lowest BCUT2D eigenvalue weighted by molar-refractivity contribution is 0.158. The predicted octanol–water partition coefficient (Wildman–Crippen LogP) is -0.298. The molecule has 5 heteroatoms. The fraction of sp³-hybridized carbons (Fsp3) is 0.556. The van der Waals surface area contributed by atoms with Crippen LogP contribution in [0.25, 0.3) is 0 Å². The van der Waals surface area contributed by atoms with Gasteiger partial charge < -0.3 is 15.8 Å². The number of anilines is 2. The maximum Gasteiger partial charge on any atom is 0.253 e. The van der Waals surface area contributed by atoms with Crippen LogP contribution in [-0.2, 0) is 4.74 Å². The van der Waals surface area contributed by atoms with Crippen LogP contribution < -0.4 is 21.9 Å². The minimum absolute atomic E-state index is 0.0131. The van der Waals surface area contributed by atoms with E-state index in [0.717, 1.165) is 0 Å². The maximum atomic E-state index is 11.1.